The van der Waals surface area contributed by atoms with E-state index in [1.807, 2.05) is 24.3 Å². The fourth-order valence-electron chi connectivity index (χ4n) is 3.14. The van der Waals surface area contributed by atoms with Gasteiger partial charge in [-0.05, 0) is 18.2 Å². The third kappa shape index (κ3) is 3.32. The van der Waals surface area contributed by atoms with E-state index < -0.39 is 0 Å². The Kier molecular flexibility index (Phi) is 4.27. The lowest BCUT2D eigenvalue weighted by molar-refractivity contribution is -0.169. The van der Waals surface area contributed by atoms with Gasteiger partial charge in [0.25, 0.3) is 0 Å². The van der Waals surface area contributed by atoms with Crippen molar-refractivity contribution in [3.8, 4) is 0 Å². The van der Waals surface area contributed by atoms with Gasteiger partial charge in [-0.1, -0.05) is 6.07 Å². The van der Waals surface area contributed by atoms with Crippen LogP contribution in [0.4, 0.5) is 11.8 Å². The van der Waals surface area contributed by atoms with Crippen molar-refractivity contribution >= 4 is 11.8 Å². The molecule has 0 radical (unpaired) electrons. The second kappa shape index (κ2) is 6.70. The molecule has 0 bridgehead atoms. The summed E-state index contributed by atoms with van der Waals surface area (Å²) in [4.78, 5) is 15.5. The van der Waals surface area contributed by atoms with Crippen LogP contribution in [0.3, 0.4) is 0 Å². The number of nitrogens with one attached hydrogen (secondary N) is 1. The zero-order valence-corrected chi connectivity index (χ0v) is 13.5. The molecule has 1 spiro atoms. The average Bonchev–Trinajstić information content (AvgIpc) is 3.10. The lowest BCUT2D eigenvalue weighted by Gasteiger charge is -2.38. The van der Waals surface area contributed by atoms with Crippen LogP contribution in [0.5, 0.6) is 0 Å². The Balaban J connectivity index is 1.38. The largest absolute Gasteiger partial charge is 0.356 e. The Bertz CT molecular complexity index is 666. The Morgan fingerprint density at radius 1 is 1.04 bits per heavy atom. The Morgan fingerprint density at radius 2 is 1.88 bits per heavy atom. The predicted molar refractivity (Wildman–Crippen MR) is 89.7 cm³/mol. The topological polar surface area (TPSA) is 72.4 Å². The molecule has 0 aliphatic carbocycles. The van der Waals surface area contributed by atoms with E-state index in [1.165, 1.54) is 0 Å². The molecule has 2 aliphatic heterocycles. The first-order chi connectivity index (χ1) is 11.8. The summed E-state index contributed by atoms with van der Waals surface area (Å²) in [7, 11) is 0. The van der Waals surface area contributed by atoms with Crippen molar-refractivity contribution in [2.45, 2.75) is 25.2 Å². The molecule has 0 atom stereocenters. The van der Waals surface area contributed by atoms with Gasteiger partial charge in [0, 0.05) is 38.3 Å². The third-order valence-corrected chi connectivity index (χ3v) is 4.46. The number of aromatic nitrogens is 3. The maximum atomic E-state index is 5.78. The highest BCUT2D eigenvalue weighted by molar-refractivity contribution is 5.43. The highest BCUT2D eigenvalue weighted by Crippen LogP contribution is 2.32. The van der Waals surface area contributed by atoms with Crippen LogP contribution in [0.1, 0.15) is 18.5 Å². The fraction of sp³-hybridized carbons (Fsp3) is 0.471. The molecule has 4 rings (SSSR count). The second-order valence-electron chi connectivity index (χ2n) is 6.01. The molecule has 24 heavy (non-hydrogen) atoms. The summed E-state index contributed by atoms with van der Waals surface area (Å²) in [5, 5.41) is 3.23. The molecule has 2 saturated heterocycles. The lowest BCUT2D eigenvalue weighted by Crippen LogP contribution is -2.45. The van der Waals surface area contributed by atoms with Gasteiger partial charge < -0.3 is 19.7 Å². The van der Waals surface area contributed by atoms with Gasteiger partial charge in [-0.2, -0.15) is 4.98 Å². The summed E-state index contributed by atoms with van der Waals surface area (Å²) in [5.74, 6) is 1.19. The summed E-state index contributed by atoms with van der Waals surface area (Å²) >= 11 is 0. The molecule has 0 amide bonds. The Labute approximate surface area is 141 Å². The molecule has 0 unspecified atom stereocenters. The minimum Gasteiger partial charge on any atom is -0.356 e. The van der Waals surface area contributed by atoms with E-state index >= 15 is 0 Å². The standard InChI is InChI=1S/C17H21N5O2/c1-2-7-18-14(3-1)13-20-16-19-8-4-15(21-16)22-9-5-17(6-10-22)23-11-12-24-17/h1-4,7-8H,5-6,9-13H2,(H,19,20,21). The van der Waals surface area contributed by atoms with Crippen LogP contribution in [-0.4, -0.2) is 47.0 Å². The van der Waals surface area contributed by atoms with Crippen molar-refractivity contribution in [1.29, 1.82) is 0 Å². The van der Waals surface area contributed by atoms with Gasteiger partial charge in [0.1, 0.15) is 5.82 Å². The normalized spacial score (nSPS) is 19.6. The first-order valence-electron chi connectivity index (χ1n) is 8.33. The van der Waals surface area contributed by atoms with Crippen LogP contribution in [-0.2, 0) is 16.0 Å². The minimum absolute atomic E-state index is 0.358. The van der Waals surface area contributed by atoms with E-state index in [0.717, 1.165) is 37.4 Å². The molecule has 2 aromatic heterocycles. The van der Waals surface area contributed by atoms with Crippen molar-refractivity contribution in [3.63, 3.8) is 0 Å². The maximum Gasteiger partial charge on any atom is 0.224 e. The first kappa shape index (κ1) is 15.3. The average molecular weight is 327 g/mol. The van der Waals surface area contributed by atoms with Gasteiger partial charge in [-0.3, -0.25) is 4.98 Å². The lowest BCUT2D eigenvalue weighted by atomic mass is 10.0. The number of pyridine rings is 1. The number of anilines is 2. The zero-order chi connectivity index (χ0) is 16.2. The first-order valence-corrected chi connectivity index (χ1v) is 8.33. The molecule has 7 nitrogen and oxygen atoms in total. The van der Waals surface area contributed by atoms with Crippen molar-refractivity contribution in [1.82, 2.24) is 15.0 Å². The molecule has 1 N–H and O–H groups in total. The molecule has 7 heteroatoms. The number of hydrogen-bond acceptors (Lipinski definition) is 7. The second-order valence-corrected chi connectivity index (χ2v) is 6.01. The zero-order valence-electron chi connectivity index (χ0n) is 13.5. The summed E-state index contributed by atoms with van der Waals surface area (Å²) in [6.07, 6.45) is 5.31. The van der Waals surface area contributed by atoms with Crippen LogP contribution in [0.25, 0.3) is 0 Å². The number of piperidine rings is 1. The molecule has 0 aromatic carbocycles. The smallest absolute Gasteiger partial charge is 0.224 e. The van der Waals surface area contributed by atoms with Crippen LogP contribution in [0.2, 0.25) is 0 Å². The van der Waals surface area contributed by atoms with Gasteiger partial charge >= 0.3 is 0 Å². The molecule has 2 fully saturated rings. The van der Waals surface area contributed by atoms with Crippen LogP contribution < -0.4 is 10.2 Å². The van der Waals surface area contributed by atoms with Crippen molar-refractivity contribution in [3.05, 3.63) is 42.4 Å². The van der Waals surface area contributed by atoms with Crippen molar-refractivity contribution in [2.75, 3.05) is 36.5 Å². The van der Waals surface area contributed by atoms with Gasteiger partial charge in [0.05, 0.1) is 25.5 Å². The molecule has 4 heterocycles. The molecule has 126 valence electrons. The van der Waals surface area contributed by atoms with Gasteiger partial charge in [0.2, 0.25) is 5.95 Å². The highest BCUT2D eigenvalue weighted by atomic mass is 16.7. The quantitative estimate of drug-likeness (QED) is 0.918. The van der Waals surface area contributed by atoms with E-state index in [4.69, 9.17) is 9.47 Å². The monoisotopic (exact) mass is 327 g/mol. The van der Waals surface area contributed by atoms with Crippen molar-refractivity contribution in [2.24, 2.45) is 0 Å². The number of nitrogens with zero attached hydrogens (tertiary/aromatic N) is 4. The summed E-state index contributed by atoms with van der Waals surface area (Å²) in [6.45, 7) is 3.76. The molecule has 2 aromatic rings. The molecular formula is C17H21N5O2. The van der Waals surface area contributed by atoms with E-state index in [0.29, 0.717) is 25.7 Å². The van der Waals surface area contributed by atoms with E-state index in [2.05, 4.69) is 25.2 Å². The number of hydrogen-bond donors (Lipinski definition) is 1. The molecule has 0 saturated carbocycles. The van der Waals surface area contributed by atoms with Crippen molar-refractivity contribution < 1.29 is 9.47 Å². The van der Waals surface area contributed by atoms with E-state index in [1.54, 1.807) is 12.4 Å². The maximum absolute atomic E-state index is 5.78. The predicted octanol–water partition coefficient (Wildman–Crippen LogP) is 1.83. The summed E-state index contributed by atoms with van der Waals surface area (Å²) < 4.78 is 11.6. The van der Waals surface area contributed by atoms with Gasteiger partial charge in [-0.15, -0.1) is 0 Å². The highest BCUT2D eigenvalue weighted by Gasteiger charge is 2.40. The minimum atomic E-state index is -0.358. The van der Waals surface area contributed by atoms with Crippen LogP contribution >= 0.6 is 0 Å². The molecular weight excluding hydrogens is 306 g/mol. The third-order valence-electron chi connectivity index (χ3n) is 4.46. The molecule has 2 aliphatic rings. The SMILES string of the molecule is c1ccc(CNc2nccc(N3CCC4(CC3)OCCO4)n2)nc1. The van der Waals surface area contributed by atoms with Crippen LogP contribution in [0.15, 0.2) is 36.7 Å². The summed E-state index contributed by atoms with van der Waals surface area (Å²) in [5.41, 5.74) is 0.960. The van der Waals surface area contributed by atoms with E-state index in [9.17, 15) is 0 Å². The number of ether oxygens (including phenoxy) is 2. The van der Waals surface area contributed by atoms with Gasteiger partial charge in [-0.25, -0.2) is 4.98 Å². The Morgan fingerprint density at radius 3 is 2.62 bits per heavy atom. The van der Waals surface area contributed by atoms with E-state index in [-0.39, 0.29) is 5.79 Å². The van der Waals surface area contributed by atoms with Crippen LogP contribution in [0, 0.1) is 0 Å². The fourth-order valence-corrected chi connectivity index (χ4v) is 3.14. The van der Waals surface area contributed by atoms with Gasteiger partial charge in [0.15, 0.2) is 5.79 Å². The Hall–Kier alpha value is -2.25. The number of rotatable bonds is 4. The summed E-state index contributed by atoms with van der Waals surface area (Å²) in [6, 6.07) is 7.79.